The number of phosphoric ester groups is 1. The van der Waals surface area contributed by atoms with Gasteiger partial charge < -0.3 is 24.2 Å². The molecule has 0 aromatic rings. The summed E-state index contributed by atoms with van der Waals surface area (Å²) < 4.78 is 39.5. The van der Waals surface area contributed by atoms with Crippen molar-refractivity contribution in [2.24, 2.45) is 0 Å². The summed E-state index contributed by atoms with van der Waals surface area (Å²) in [7, 11) is -4.77. The molecule has 0 aliphatic rings. The normalized spacial score (nSPS) is 14.1. The van der Waals surface area contributed by atoms with Crippen LogP contribution in [0.1, 0.15) is 239 Å². The fraction of sp³-hybridized carbons (Fsp3) is 0.672. The molecule has 0 amide bonds. The molecule has 3 atom stereocenters. The van der Waals surface area contributed by atoms with Crippen LogP contribution in [0.25, 0.3) is 0 Å². The van der Waals surface area contributed by atoms with Gasteiger partial charge in [-0.3, -0.25) is 23.4 Å². The van der Waals surface area contributed by atoms with E-state index in [2.05, 4.69) is 130 Å². The lowest BCUT2D eigenvalue weighted by Crippen LogP contribution is -2.30. The third-order valence-corrected chi connectivity index (χ3v) is 13.1. The highest BCUT2D eigenvalue weighted by atomic mass is 31.2. The Kier molecular flexibility index (Phi) is 54.4. The van der Waals surface area contributed by atoms with Crippen LogP contribution < -0.4 is 0 Å². The van der Waals surface area contributed by atoms with Gasteiger partial charge in [0.05, 0.1) is 19.8 Å². The fourth-order valence-corrected chi connectivity index (χ4v) is 8.47. The van der Waals surface area contributed by atoms with Crippen molar-refractivity contribution in [3.05, 3.63) is 109 Å². The first kappa shape index (κ1) is 72.1. The van der Waals surface area contributed by atoms with Crippen LogP contribution in [-0.4, -0.2) is 66.5 Å². The maximum atomic E-state index is 12.9. The standard InChI is InChI=1S/C64H107O11P/c1-4-7-10-13-16-19-22-25-28-29-30-31-34-37-40-43-46-49-52-55-64(68)75-61(57-71-62(66)53-50-47-44-41-38-35-32-26-23-20-17-14-11-8-5-2)59-73-76(69,70)72-58-60(56-65)74-63(67)54-51-48-45-42-39-36-33-27-24-21-18-15-12-9-6-3/h8-9,11-12,16-21,25-28,32-33,38,41,60-61,65H,4-7,10,13-15,22-24,29-31,34-37,39-40,42-59H2,1-3H3,(H,69,70)/b11-8-,12-9-,19-16-,20-17-,21-18-,28-25-,32-26-,33-27-,41-38-. The average Bonchev–Trinajstić information content (AvgIpc) is 3.41. The number of hydrogen-bond acceptors (Lipinski definition) is 10. The molecule has 76 heavy (non-hydrogen) atoms. The molecule has 0 aromatic carbocycles. The number of phosphoric acid groups is 1. The van der Waals surface area contributed by atoms with Gasteiger partial charge in [-0.1, -0.05) is 207 Å². The molecule has 2 N–H and O–H groups in total. The molecule has 0 saturated heterocycles. The van der Waals surface area contributed by atoms with Crippen LogP contribution in [0.2, 0.25) is 0 Å². The first-order valence-corrected chi connectivity index (χ1v) is 31.3. The first-order chi connectivity index (χ1) is 37.2. The number of aliphatic hydroxyl groups is 1. The smallest absolute Gasteiger partial charge is 0.462 e. The van der Waals surface area contributed by atoms with E-state index in [1.54, 1.807) is 0 Å². The molecule has 434 valence electrons. The van der Waals surface area contributed by atoms with Crippen LogP contribution in [0, 0.1) is 0 Å². The molecule has 0 heterocycles. The molecule has 0 aliphatic carbocycles. The molecule has 0 spiro atoms. The summed E-state index contributed by atoms with van der Waals surface area (Å²) in [5, 5.41) is 9.82. The maximum absolute atomic E-state index is 12.9. The second-order valence-corrected chi connectivity index (χ2v) is 20.8. The van der Waals surface area contributed by atoms with Gasteiger partial charge in [-0.05, 0) is 122 Å². The second-order valence-electron chi connectivity index (χ2n) is 19.4. The van der Waals surface area contributed by atoms with Crippen LogP contribution in [0.15, 0.2) is 109 Å². The summed E-state index contributed by atoms with van der Waals surface area (Å²) in [6, 6.07) is 0. The van der Waals surface area contributed by atoms with E-state index in [4.69, 9.17) is 23.3 Å². The van der Waals surface area contributed by atoms with E-state index in [1.165, 1.54) is 57.8 Å². The Morgan fingerprint density at radius 3 is 1.08 bits per heavy atom. The van der Waals surface area contributed by atoms with E-state index in [0.717, 1.165) is 122 Å². The second kappa shape index (κ2) is 57.3. The number of hydrogen-bond donors (Lipinski definition) is 2. The summed E-state index contributed by atoms with van der Waals surface area (Å²) >= 11 is 0. The summed E-state index contributed by atoms with van der Waals surface area (Å²) in [5.41, 5.74) is 0. The van der Waals surface area contributed by atoms with Gasteiger partial charge in [-0.15, -0.1) is 0 Å². The highest BCUT2D eigenvalue weighted by Crippen LogP contribution is 2.43. The lowest BCUT2D eigenvalue weighted by atomic mass is 10.1. The van der Waals surface area contributed by atoms with E-state index in [-0.39, 0.29) is 25.9 Å². The molecule has 0 radical (unpaired) electrons. The van der Waals surface area contributed by atoms with Gasteiger partial charge in [-0.2, -0.15) is 0 Å². The zero-order valence-electron chi connectivity index (χ0n) is 47.9. The van der Waals surface area contributed by atoms with E-state index in [1.807, 2.05) is 0 Å². The highest BCUT2D eigenvalue weighted by Gasteiger charge is 2.28. The number of carbonyl (C=O) groups excluding carboxylic acids is 3. The molecule has 0 rings (SSSR count). The Labute approximate surface area is 463 Å². The van der Waals surface area contributed by atoms with Crippen molar-refractivity contribution in [1.29, 1.82) is 0 Å². The Morgan fingerprint density at radius 1 is 0.382 bits per heavy atom. The summed E-state index contributed by atoms with van der Waals surface area (Å²) in [6.07, 6.45) is 69.0. The number of aliphatic hydroxyl groups excluding tert-OH is 1. The van der Waals surface area contributed by atoms with E-state index in [0.29, 0.717) is 19.3 Å². The lowest BCUT2D eigenvalue weighted by Gasteiger charge is -2.21. The van der Waals surface area contributed by atoms with E-state index < -0.39 is 57.8 Å². The molecular weight excluding hydrogens is 976 g/mol. The van der Waals surface area contributed by atoms with Crippen LogP contribution in [-0.2, 0) is 42.2 Å². The SMILES string of the molecule is CC/C=C\C/C=C\C/C=C\C/C=C\CCCCC(=O)OCC(COP(=O)(O)OCC(CO)OC(=O)CCCCCCC/C=C\C/C=C\C/C=C\CC)OC(=O)CCCCCCCCCCC/C=C\C/C=C\CCCCC. The summed E-state index contributed by atoms with van der Waals surface area (Å²) in [6.45, 7) is 4.32. The van der Waals surface area contributed by atoms with Crippen molar-refractivity contribution in [1.82, 2.24) is 0 Å². The predicted octanol–water partition coefficient (Wildman–Crippen LogP) is 17.8. The van der Waals surface area contributed by atoms with Gasteiger partial charge in [0.25, 0.3) is 0 Å². The maximum Gasteiger partial charge on any atom is 0.472 e. The summed E-state index contributed by atoms with van der Waals surface area (Å²) in [4.78, 5) is 48.6. The van der Waals surface area contributed by atoms with Gasteiger partial charge in [0, 0.05) is 19.3 Å². The van der Waals surface area contributed by atoms with Crippen LogP contribution in [0.3, 0.4) is 0 Å². The zero-order valence-corrected chi connectivity index (χ0v) is 48.8. The number of rotatable bonds is 54. The number of esters is 3. The number of ether oxygens (including phenoxy) is 3. The molecule has 0 fully saturated rings. The van der Waals surface area contributed by atoms with Crippen molar-refractivity contribution in [2.75, 3.05) is 26.4 Å². The lowest BCUT2D eigenvalue weighted by molar-refractivity contribution is -0.161. The minimum atomic E-state index is -4.77. The number of allylic oxidation sites excluding steroid dienone is 18. The molecule has 0 saturated carbocycles. The zero-order chi connectivity index (χ0) is 55.5. The highest BCUT2D eigenvalue weighted by molar-refractivity contribution is 7.47. The minimum absolute atomic E-state index is 0.147. The first-order valence-electron chi connectivity index (χ1n) is 29.8. The topological polar surface area (TPSA) is 155 Å². The summed E-state index contributed by atoms with van der Waals surface area (Å²) in [5.74, 6) is -1.54. The average molecular weight is 1080 g/mol. The van der Waals surface area contributed by atoms with Gasteiger partial charge in [0.1, 0.15) is 12.7 Å². The Hall–Kier alpha value is -3.86. The van der Waals surface area contributed by atoms with Crippen LogP contribution >= 0.6 is 7.82 Å². The van der Waals surface area contributed by atoms with E-state index in [9.17, 15) is 28.9 Å². The van der Waals surface area contributed by atoms with E-state index >= 15 is 0 Å². The molecule has 0 bridgehead atoms. The van der Waals surface area contributed by atoms with Crippen molar-refractivity contribution < 1.29 is 52.2 Å². The number of unbranched alkanes of at least 4 members (excludes halogenated alkanes) is 19. The third-order valence-electron chi connectivity index (χ3n) is 12.2. The quantitative estimate of drug-likeness (QED) is 0.0197. The minimum Gasteiger partial charge on any atom is -0.462 e. The molecule has 0 aliphatic heterocycles. The Balaban J connectivity index is 4.79. The number of carbonyl (C=O) groups is 3. The molecule has 0 aromatic heterocycles. The van der Waals surface area contributed by atoms with Crippen molar-refractivity contribution in [3.8, 4) is 0 Å². The molecule has 3 unspecified atom stereocenters. The van der Waals surface area contributed by atoms with Gasteiger partial charge >= 0.3 is 25.7 Å². The Bertz CT molecular complexity index is 1690. The van der Waals surface area contributed by atoms with Gasteiger partial charge in [-0.25, -0.2) is 4.57 Å². The van der Waals surface area contributed by atoms with Crippen LogP contribution in [0.5, 0.6) is 0 Å². The van der Waals surface area contributed by atoms with Crippen LogP contribution in [0.4, 0.5) is 0 Å². The molecule has 12 heteroatoms. The Morgan fingerprint density at radius 2 is 0.684 bits per heavy atom. The van der Waals surface area contributed by atoms with Crippen molar-refractivity contribution in [2.45, 2.75) is 251 Å². The van der Waals surface area contributed by atoms with Crippen molar-refractivity contribution >= 4 is 25.7 Å². The molecule has 11 nitrogen and oxygen atoms in total. The van der Waals surface area contributed by atoms with Gasteiger partial charge in [0.15, 0.2) is 6.10 Å². The fourth-order valence-electron chi connectivity index (χ4n) is 7.69. The monoisotopic (exact) mass is 1080 g/mol. The predicted molar refractivity (Wildman–Crippen MR) is 316 cm³/mol. The largest absolute Gasteiger partial charge is 0.472 e. The van der Waals surface area contributed by atoms with Crippen molar-refractivity contribution in [3.63, 3.8) is 0 Å². The molecular formula is C64H107O11P. The third kappa shape index (κ3) is 54.9. The van der Waals surface area contributed by atoms with Gasteiger partial charge in [0.2, 0.25) is 0 Å².